The zero-order valence-electron chi connectivity index (χ0n) is 12.1. The highest BCUT2D eigenvalue weighted by molar-refractivity contribution is 6.87. The zero-order chi connectivity index (χ0) is 14.2. The average Bonchev–Trinajstić information content (AvgIpc) is 2.26. The van der Waals surface area contributed by atoms with Crippen molar-refractivity contribution in [1.29, 1.82) is 0 Å². The first-order valence-corrected chi connectivity index (χ1v) is 12.5. The first-order valence-electron chi connectivity index (χ1n) is 6.35. The molecule has 5 heteroatoms. The smallest absolute Gasteiger partial charge is 0.330 e. The molecule has 0 fully saturated rings. The van der Waals surface area contributed by atoms with Crippen LogP contribution >= 0.6 is 0 Å². The number of esters is 1. The summed E-state index contributed by atoms with van der Waals surface area (Å²) in [5, 5.41) is 0. The number of carbonyl (C=O) groups excluding carboxylic acids is 1. The summed E-state index contributed by atoms with van der Waals surface area (Å²) in [5.41, 5.74) is 1.98. The first kappa shape index (κ1) is 17.3. The topological polar surface area (TPSA) is 35.5 Å². The summed E-state index contributed by atoms with van der Waals surface area (Å²) in [6.07, 6.45) is 3.11. The van der Waals surface area contributed by atoms with Gasteiger partial charge in [0.15, 0.2) is 16.6 Å². The van der Waals surface area contributed by atoms with Crippen molar-refractivity contribution in [2.45, 2.75) is 45.1 Å². The summed E-state index contributed by atoms with van der Waals surface area (Å²) < 4.78 is 11.2. The van der Waals surface area contributed by atoms with Gasteiger partial charge in [0.25, 0.3) is 0 Å². The molecule has 0 radical (unpaired) electrons. The molecule has 0 heterocycles. The lowest BCUT2D eigenvalue weighted by Crippen LogP contribution is -2.43. The number of carbonyl (C=O) groups is 1. The van der Waals surface area contributed by atoms with Gasteiger partial charge in [-0.05, 0) is 38.7 Å². The molecule has 0 aliphatic rings. The molecule has 0 rings (SSSR count). The molecule has 104 valence electrons. The van der Waals surface area contributed by atoms with E-state index in [4.69, 9.17) is 8.85 Å². The van der Waals surface area contributed by atoms with E-state index in [0.29, 0.717) is 6.61 Å². The molecular weight excluding hydrogens is 260 g/mol. The summed E-state index contributed by atoms with van der Waals surface area (Å²) in [4.78, 5) is 10.8. The highest BCUT2D eigenvalue weighted by Crippen LogP contribution is 2.21. The van der Waals surface area contributed by atoms with Crippen molar-refractivity contribution in [3.05, 3.63) is 24.9 Å². The predicted molar refractivity (Wildman–Crippen MR) is 81.4 cm³/mol. The van der Waals surface area contributed by atoms with Crippen molar-refractivity contribution in [1.82, 2.24) is 0 Å². The maximum atomic E-state index is 10.8. The van der Waals surface area contributed by atoms with Crippen LogP contribution in [-0.4, -0.2) is 29.2 Å². The number of rotatable bonds is 9. The van der Waals surface area contributed by atoms with E-state index in [1.807, 2.05) is 5.70 Å². The van der Waals surface area contributed by atoms with E-state index < -0.39 is 16.6 Å². The average molecular weight is 287 g/mol. The van der Waals surface area contributed by atoms with Crippen molar-refractivity contribution >= 4 is 22.6 Å². The van der Waals surface area contributed by atoms with Crippen LogP contribution in [0.4, 0.5) is 0 Å². The minimum atomic E-state index is -1.68. The molecule has 0 amide bonds. The Hall–Kier alpha value is -0.656. The summed E-state index contributed by atoms with van der Waals surface area (Å²) in [6, 6.07) is 1.09. The number of hydrogen-bond donors (Lipinski definition) is 0. The Morgan fingerprint density at radius 3 is 2.28 bits per heavy atom. The van der Waals surface area contributed by atoms with Gasteiger partial charge in [-0.3, -0.25) is 0 Å². The highest BCUT2D eigenvalue weighted by Gasteiger charge is 2.30. The lowest BCUT2D eigenvalue weighted by Gasteiger charge is -2.31. The van der Waals surface area contributed by atoms with Crippen molar-refractivity contribution in [3.8, 4) is 0 Å². The van der Waals surface area contributed by atoms with Gasteiger partial charge in [-0.2, -0.15) is 0 Å². The molecule has 0 bridgehead atoms. The Balaban J connectivity index is 3.87. The molecule has 0 aromatic heterocycles. The fourth-order valence-corrected chi connectivity index (χ4v) is 9.23. The molecule has 0 unspecified atom stereocenters. The first-order chi connectivity index (χ1) is 8.22. The third-order valence-electron chi connectivity index (χ3n) is 2.62. The van der Waals surface area contributed by atoms with Crippen LogP contribution in [0.25, 0.3) is 0 Å². The fourth-order valence-electron chi connectivity index (χ4n) is 1.69. The Kier molecular flexibility index (Phi) is 7.43. The van der Waals surface area contributed by atoms with Crippen molar-refractivity contribution in [3.63, 3.8) is 0 Å². The van der Waals surface area contributed by atoms with E-state index in [0.717, 1.165) is 18.9 Å². The Labute approximate surface area is 113 Å². The van der Waals surface area contributed by atoms with Crippen LogP contribution in [0.3, 0.4) is 0 Å². The van der Waals surface area contributed by atoms with Gasteiger partial charge in [0.1, 0.15) is 0 Å². The molecule has 0 aromatic rings. The van der Waals surface area contributed by atoms with Crippen molar-refractivity contribution < 1.29 is 13.6 Å². The molecule has 0 aromatic carbocycles. The maximum absolute atomic E-state index is 10.8. The third-order valence-corrected chi connectivity index (χ3v) is 9.47. The molecule has 0 aliphatic heterocycles. The molecular formula is C13H26O3Si2. The monoisotopic (exact) mass is 286 g/mol. The van der Waals surface area contributed by atoms with Crippen molar-refractivity contribution in [2.75, 3.05) is 6.61 Å². The lowest BCUT2D eigenvalue weighted by atomic mass is 10.4. The van der Waals surface area contributed by atoms with Crippen LogP contribution in [0.5, 0.6) is 0 Å². The van der Waals surface area contributed by atoms with E-state index >= 15 is 0 Å². The zero-order valence-corrected chi connectivity index (χ0v) is 14.1. The second kappa shape index (κ2) is 7.71. The SMILES string of the molecule is C=CC(=O)OCCCC[Si](C)(C)O[Si](C)(C)C=C. The van der Waals surface area contributed by atoms with Gasteiger partial charge in [-0.1, -0.05) is 18.7 Å². The van der Waals surface area contributed by atoms with Gasteiger partial charge in [0, 0.05) is 6.08 Å². The predicted octanol–water partition coefficient (Wildman–Crippen LogP) is 3.65. The van der Waals surface area contributed by atoms with Crippen LogP contribution in [-0.2, 0) is 13.6 Å². The number of unbranched alkanes of at least 4 members (excludes halogenated alkanes) is 1. The molecule has 0 N–H and O–H groups in total. The Bertz CT molecular complexity index is 299. The van der Waals surface area contributed by atoms with Crippen LogP contribution in [0, 0.1) is 0 Å². The molecule has 3 nitrogen and oxygen atoms in total. The van der Waals surface area contributed by atoms with Gasteiger partial charge < -0.3 is 8.85 Å². The molecule has 18 heavy (non-hydrogen) atoms. The largest absolute Gasteiger partial charge is 0.463 e. The Morgan fingerprint density at radius 2 is 1.78 bits per heavy atom. The Morgan fingerprint density at radius 1 is 1.17 bits per heavy atom. The molecule has 0 saturated carbocycles. The maximum Gasteiger partial charge on any atom is 0.330 e. The van der Waals surface area contributed by atoms with Gasteiger partial charge >= 0.3 is 5.97 Å². The summed E-state index contributed by atoms with van der Waals surface area (Å²) in [6.45, 7) is 16.5. The van der Waals surface area contributed by atoms with Crippen LogP contribution in [0.2, 0.25) is 32.2 Å². The summed E-state index contributed by atoms with van der Waals surface area (Å²) >= 11 is 0. The minimum absolute atomic E-state index is 0.344. The fraction of sp³-hybridized carbons (Fsp3) is 0.615. The normalized spacial score (nSPS) is 12.0. The molecule has 0 spiro atoms. The highest BCUT2D eigenvalue weighted by atomic mass is 28.4. The van der Waals surface area contributed by atoms with E-state index in [1.54, 1.807) is 0 Å². The third kappa shape index (κ3) is 8.44. The van der Waals surface area contributed by atoms with E-state index in [2.05, 4.69) is 39.3 Å². The van der Waals surface area contributed by atoms with E-state index in [9.17, 15) is 4.79 Å². The second-order valence-corrected chi connectivity index (χ2v) is 13.9. The number of hydrogen-bond acceptors (Lipinski definition) is 3. The van der Waals surface area contributed by atoms with Gasteiger partial charge in [-0.15, -0.1) is 6.58 Å². The van der Waals surface area contributed by atoms with E-state index in [-0.39, 0.29) is 5.97 Å². The molecule has 0 aliphatic carbocycles. The van der Waals surface area contributed by atoms with Crippen LogP contribution < -0.4 is 0 Å². The minimum Gasteiger partial charge on any atom is -0.463 e. The van der Waals surface area contributed by atoms with E-state index in [1.165, 1.54) is 6.08 Å². The standard InChI is InChI=1S/C13H26O3Si2/c1-7-13(14)15-11-9-10-12-18(5,6)16-17(3,4)8-2/h7-8H,1-2,9-12H2,3-6H3. The lowest BCUT2D eigenvalue weighted by molar-refractivity contribution is -0.137. The molecule has 0 saturated heterocycles. The van der Waals surface area contributed by atoms with Crippen LogP contribution in [0.1, 0.15) is 12.8 Å². The van der Waals surface area contributed by atoms with Gasteiger partial charge in [-0.25, -0.2) is 4.79 Å². The quantitative estimate of drug-likeness (QED) is 0.281. The summed E-state index contributed by atoms with van der Waals surface area (Å²) in [7, 11) is -3.29. The van der Waals surface area contributed by atoms with Gasteiger partial charge in [0.2, 0.25) is 0 Å². The number of ether oxygens (including phenoxy) is 1. The van der Waals surface area contributed by atoms with Crippen molar-refractivity contribution in [2.24, 2.45) is 0 Å². The van der Waals surface area contributed by atoms with Crippen LogP contribution in [0.15, 0.2) is 24.9 Å². The summed E-state index contributed by atoms with van der Waals surface area (Å²) in [5.74, 6) is -0.344. The van der Waals surface area contributed by atoms with Gasteiger partial charge in [0.05, 0.1) is 6.61 Å². The second-order valence-electron chi connectivity index (χ2n) is 5.50. The molecule has 0 atom stereocenters.